The van der Waals surface area contributed by atoms with Crippen LogP contribution >= 0.6 is 11.3 Å². The Hall–Kier alpha value is -2.63. The molecule has 1 amide bonds. The van der Waals surface area contributed by atoms with Crippen molar-refractivity contribution >= 4 is 22.9 Å². The lowest BCUT2D eigenvalue weighted by Crippen LogP contribution is -2.56. The highest BCUT2D eigenvalue weighted by Crippen LogP contribution is 2.36. The number of carbonyl (C=O) groups excluding carboxylic acids is 1. The monoisotopic (exact) mass is 417 g/mol. The molecular weight excluding hydrogens is 390 g/mol. The minimum Gasteiger partial charge on any atom is -0.339 e. The molecule has 154 valence electrons. The largest absolute Gasteiger partial charge is 0.339 e. The number of anilines is 1. The van der Waals surface area contributed by atoms with Crippen LogP contribution in [0.25, 0.3) is 10.4 Å². The maximum atomic E-state index is 12.8. The van der Waals surface area contributed by atoms with Crippen molar-refractivity contribution in [2.24, 2.45) is 0 Å². The molecule has 5 heteroatoms. The van der Waals surface area contributed by atoms with Gasteiger partial charge in [-0.05, 0) is 54.0 Å². The predicted molar refractivity (Wildman–Crippen MR) is 124 cm³/mol. The fourth-order valence-electron chi connectivity index (χ4n) is 4.87. The lowest BCUT2D eigenvalue weighted by Gasteiger charge is -2.43. The van der Waals surface area contributed by atoms with Crippen LogP contribution in [0.2, 0.25) is 0 Å². The van der Waals surface area contributed by atoms with Crippen LogP contribution in [0, 0.1) is 0 Å². The highest BCUT2D eigenvalue weighted by Gasteiger charge is 2.50. The second kappa shape index (κ2) is 8.25. The highest BCUT2D eigenvalue weighted by molar-refractivity contribution is 7.13. The van der Waals surface area contributed by atoms with Crippen LogP contribution in [-0.2, 0) is 11.2 Å². The second-order valence-corrected chi connectivity index (χ2v) is 9.13. The van der Waals surface area contributed by atoms with Crippen molar-refractivity contribution in [1.29, 1.82) is 0 Å². The third-order valence-corrected chi connectivity index (χ3v) is 7.49. The number of hydrogen-bond acceptors (Lipinski definition) is 4. The van der Waals surface area contributed by atoms with Crippen LogP contribution in [0.5, 0.6) is 0 Å². The molecule has 2 aromatic carbocycles. The smallest absolute Gasteiger partial charge is 0.247 e. The summed E-state index contributed by atoms with van der Waals surface area (Å²) in [5, 5.41) is 5.23. The summed E-state index contributed by atoms with van der Waals surface area (Å²) in [5.74, 6) is 0.189. The number of para-hydroxylation sites is 1. The maximum Gasteiger partial charge on any atom is 0.247 e. The number of benzene rings is 2. The molecule has 0 unspecified atom stereocenters. The Morgan fingerprint density at radius 3 is 2.47 bits per heavy atom. The minimum atomic E-state index is -0.396. The fraction of sp³-hybridized carbons (Fsp3) is 0.320. The van der Waals surface area contributed by atoms with Crippen molar-refractivity contribution in [1.82, 2.24) is 10.2 Å². The summed E-state index contributed by atoms with van der Waals surface area (Å²) >= 11 is 1.80. The Morgan fingerprint density at radius 2 is 1.70 bits per heavy atom. The standard InChI is InChI=1S/C25H27N3OS/c29-24-25(28(19-26-24)21-8-2-1-3-9-21)13-16-27(17-14-25)15-12-20-7-4-5-10-22(20)23-11-6-18-30-23/h1-11,18H,12-17,19H2,(H,26,29). The van der Waals surface area contributed by atoms with E-state index in [0.29, 0.717) is 6.67 Å². The van der Waals surface area contributed by atoms with Gasteiger partial charge in [-0.2, -0.15) is 0 Å². The molecule has 0 bridgehead atoms. The molecule has 0 radical (unpaired) electrons. The van der Waals surface area contributed by atoms with Gasteiger partial charge in [0.05, 0.1) is 6.67 Å². The van der Waals surface area contributed by atoms with E-state index in [1.807, 2.05) is 18.2 Å². The van der Waals surface area contributed by atoms with Gasteiger partial charge in [0, 0.05) is 30.2 Å². The number of nitrogens with zero attached hydrogens (tertiary/aromatic N) is 2. The summed E-state index contributed by atoms with van der Waals surface area (Å²) in [6, 6.07) is 23.4. The zero-order chi connectivity index (χ0) is 20.4. The summed E-state index contributed by atoms with van der Waals surface area (Å²) < 4.78 is 0. The van der Waals surface area contributed by atoms with Gasteiger partial charge in [-0.15, -0.1) is 11.3 Å². The van der Waals surface area contributed by atoms with Gasteiger partial charge in [0.25, 0.3) is 0 Å². The van der Waals surface area contributed by atoms with Gasteiger partial charge < -0.3 is 15.1 Å². The molecule has 0 saturated carbocycles. The SMILES string of the molecule is O=C1NCN(c2ccccc2)C12CCN(CCc1ccccc1-c1cccs1)CC2. The molecule has 1 N–H and O–H groups in total. The van der Waals surface area contributed by atoms with Gasteiger partial charge in [0.2, 0.25) is 5.91 Å². The second-order valence-electron chi connectivity index (χ2n) is 8.19. The molecule has 3 aromatic rings. The molecule has 2 fully saturated rings. The number of thiophene rings is 1. The highest BCUT2D eigenvalue weighted by atomic mass is 32.1. The number of carbonyl (C=O) groups is 1. The first-order valence-electron chi connectivity index (χ1n) is 10.7. The molecular formula is C25H27N3OS. The first kappa shape index (κ1) is 19.3. The van der Waals surface area contributed by atoms with E-state index in [9.17, 15) is 4.79 Å². The average Bonchev–Trinajstić information content (AvgIpc) is 3.44. The molecule has 2 aliphatic heterocycles. The van der Waals surface area contributed by atoms with Gasteiger partial charge in [0.15, 0.2) is 0 Å². The number of piperidine rings is 1. The van der Waals surface area contributed by atoms with E-state index < -0.39 is 5.54 Å². The van der Waals surface area contributed by atoms with Crippen molar-refractivity contribution in [2.75, 3.05) is 31.2 Å². The van der Waals surface area contributed by atoms with Crippen LogP contribution in [0.15, 0.2) is 72.1 Å². The Bertz CT molecular complexity index is 994. The number of likely N-dealkylation sites (tertiary alicyclic amines) is 1. The zero-order valence-corrected chi connectivity index (χ0v) is 17.9. The summed E-state index contributed by atoms with van der Waals surface area (Å²) in [5.41, 5.74) is 3.50. The Labute approximate surface area is 182 Å². The molecule has 30 heavy (non-hydrogen) atoms. The average molecular weight is 418 g/mol. The van der Waals surface area contributed by atoms with Gasteiger partial charge in [0.1, 0.15) is 5.54 Å². The normalized spacial score (nSPS) is 18.7. The lowest BCUT2D eigenvalue weighted by atomic mass is 9.85. The van der Waals surface area contributed by atoms with Crippen LogP contribution in [-0.4, -0.2) is 42.6 Å². The molecule has 2 aliphatic rings. The topological polar surface area (TPSA) is 35.6 Å². The maximum absolute atomic E-state index is 12.8. The van der Waals surface area contributed by atoms with Crippen LogP contribution in [0.3, 0.4) is 0 Å². The Balaban J connectivity index is 1.25. The number of hydrogen-bond donors (Lipinski definition) is 1. The Kier molecular flexibility index (Phi) is 5.32. The van der Waals surface area contributed by atoms with Gasteiger partial charge in [-0.3, -0.25) is 4.79 Å². The molecule has 5 rings (SSSR count). The number of amides is 1. The molecule has 0 atom stereocenters. The van der Waals surface area contributed by atoms with E-state index in [1.54, 1.807) is 11.3 Å². The van der Waals surface area contributed by atoms with Crippen molar-refractivity contribution in [3.8, 4) is 10.4 Å². The molecule has 4 nitrogen and oxygen atoms in total. The first-order chi connectivity index (χ1) is 14.8. The molecule has 1 aromatic heterocycles. The van der Waals surface area contributed by atoms with E-state index >= 15 is 0 Å². The van der Waals surface area contributed by atoms with E-state index in [4.69, 9.17) is 0 Å². The molecule has 1 spiro atoms. The molecule has 3 heterocycles. The van der Waals surface area contributed by atoms with Crippen LogP contribution in [0.4, 0.5) is 5.69 Å². The third-order valence-electron chi connectivity index (χ3n) is 6.59. The van der Waals surface area contributed by atoms with Crippen molar-refractivity contribution < 1.29 is 4.79 Å². The Morgan fingerprint density at radius 1 is 0.933 bits per heavy atom. The van der Waals surface area contributed by atoms with Gasteiger partial charge in [-0.25, -0.2) is 0 Å². The van der Waals surface area contributed by atoms with Gasteiger partial charge in [-0.1, -0.05) is 48.5 Å². The van der Waals surface area contributed by atoms with Crippen LogP contribution < -0.4 is 10.2 Å². The zero-order valence-electron chi connectivity index (χ0n) is 17.1. The van der Waals surface area contributed by atoms with E-state index in [0.717, 1.165) is 44.6 Å². The van der Waals surface area contributed by atoms with Crippen molar-refractivity contribution in [3.05, 3.63) is 77.7 Å². The van der Waals surface area contributed by atoms with Crippen molar-refractivity contribution in [2.45, 2.75) is 24.8 Å². The fourth-order valence-corrected chi connectivity index (χ4v) is 5.66. The first-order valence-corrected chi connectivity index (χ1v) is 11.6. The molecule has 0 aliphatic carbocycles. The summed E-state index contributed by atoms with van der Waals surface area (Å²) in [7, 11) is 0. The third kappa shape index (κ3) is 3.53. The van der Waals surface area contributed by atoms with E-state index in [-0.39, 0.29) is 5.91 Å². The molecule has 2 saturated heterocycles. The predicted octanol–water partition coefficient (Wildman–Crippen LogP) is 4.39. The van der Waals surface area contributed by atoms with Crippen molar-refractivity contribution in [3.63, 3.8) is 0 Å². The van der Waals surface area contributed by atoms with E-state index in [1.165, 1.54) is 16.0 Å². The van der Waals surface area contributed by atoms with Crippen LogP contribution in [0.1, 0.15) is 18.4 Å². The van der Waals surface area contributed by atoms with Gasteiger partial charge >= 0.3 is 0 Å². The summed E-state index contributed by atoms with van der Waals surface area (Å²) in [4.78, 5) is 19.0. The number of nitrogens with one attached hydrogen (secondary N) is 1. The summed E-state index contributed by atoms with van der Waals surface area (Å²) in [6.45, 7) is 3.55. The quantitative estimate of drug-likeness (QED) is 0.669. The van der Waals surface area contributed by atoms with E-state index in [2.05, 4.69) is 69.0 Å². The minimum absolute atomic E-state index is 0.189. The lowest BCUT2D eigenvalue weighted by molar-refractivity contribution is -0.125. The summed E-state index contributed by atoms with van der Waals surface area (Å²) in [6.07, 6.45) is 2.79. The number of rotatable bonds is 5.